The molecule has 0 unspecified atom stereocenters. The number of hydrazone groups is 1. The molecule has 0 saturated heterocycles. The molecular formula is C22H16BrN5O2. The van der Waals surface area contributed by atoms with Crippen molar-refractivity contribution in [2.45, 2.75) is 0 Å². The van der Waals surface area contributed by atoms with Crippen LogP contribution in [-0.4, -0.2) is 32.0 Å². The molecule has 3 aromatic carbocycles. The Balaban J connectivity index is 1.62. The highest BCUT2D eigenvalue weighted by Crippen LogP contribution is 2.21. The highest BCUT2D eigenvalue weighted by atomic mass is 79.9. The smallest absolute Gasteiger partial charge is 0.311 e. The lowest BCUT2D eigenvalue weighted by molar-refractivity contribution is 0.0945. The minimum absolute atomic E-state index is 0.0201. The highest BCUT2D eigenvalue weighted by Gasteiger charge is 2.18. The van der Waals surface area contributed by atoms with Crippen molar-refractivity contribution in [3.8, 4) is 22.8 Å². The zero-order valence-corrected chi connectivity index (χ0v) is 17.2. The number of para-hydroxylation sites is 1. The van der Waals surface area contributed by atoms with E-state index in [2.05, 4.69) is 36.5 Å². The van der Waals surface area contributed by atoms with Crippen LogP contribution in [-0.2, 0) is 0 Å². The lowest BCUT2D eigenvalue weighted by atomic mass is 10.2. The summed E-state index contributed by atoms with van der Waals surface area (Å²) < 4.78 is 2.40. The molecule has 4 aromatic rings. The number of nitrogens with one attached hydrogen (secondary N) is 1. The number of phenolic OH excluding ortho intramolecular Hbond substituents is 1. The second kappa shape index (κ2) is 8.71. The molecule has 0 bridgehead atoms. The topological polar surface area (TPSA) is 92.4 Å². The lowest BCUT2D eigenvalue weighted by Gasteiger charge is -2.05. The molecule has 8 heteroatoms. The van der Waals surface area contributed by atoms with E-state index in [1.165, 1.54) is 12.3 Å². The molecule has 1 aromatic heterocycles. The van der Waals surface area contributed by atoms with Crippen LogP contribution in [0.15, 0.2) is 88.4 Å². The van der Waals surface area contributed by atoms with Gasteiger partial charge in [0.05, 0.1) is 11.9 Å². The van der Waals surface area contributed by atoms with E-state index in [1.807, 2.05) is 60.7 Å². The van der Waals surface area contributed by atoms with E-state index in [-0.39, 0.29) is 11.6 Å². The van der Waals surface area contributed by atoms with Gasteiger partial charge in [-0.25, -0.2) is 15.1 Å². The van der Waals surface area contributed by atoms with Crippen molar-refractivity contribution in [1.29, 1.82) is 0 Å². The van der Waals surface area contributed by atoms with E-state index >= 15 is 0 Å². The van der Waals surface area contributed by atoms with Crippen LogP contribution < -0.4 is 5.43 Å². The number of amides is 1. The van der Waals surface area contributed by atoms with Crippen LogP contribution in [0.2, 0.25) is 0 Å². The molecule has 7 nitrogen and oxygen atoms in total. The van der Waals surface area contributed by atoms with E-state index < -0.39 is 5.91 Å². The summed E-state index contributed by atoms with van der Waals surface area (Å²) >= 11 is 3.33. The van der Waals surface area contributed by atoms with Gasteiger partial charge in [-0.1, -0.05) is 64.5 Å². The van der Waals surface area contributed by atoms with Crippen LogP contribution in [0.5, 0.6) is 5.75 Å². The van der Waals surface area contributed by atoms with Gasteiger partial charge < -0.3 is 5.11 Å². The first-order valence-corrected chi connectivity index (χ1v) is 9.81. The maximum absolute atomic E-state index is 12.6. The predicted molar refractivity (Wildman–Crippen MR) is 118 cm³/mol. The normalized spacial score (nSPS) is 11.0. The van der Waals surface area contributed by atoms with Crippen molar-refractivity contribution in [2.75, 3.05) is 0 Å². The molecule has 0 aliphatic rings. The molecular weight excluding hydrogens is 446 g/mol. The van der Waals surface area contributed by atoms with Gasteiger partial charge in [0.15, 0.2) is 5.82 Å². The number of aromatic hydroxyl groups is 1. The van der Waals surface area contributed by atoms with E-state index in [0.717, 1.165) is 15.7 Å². The van der Waals surface area contributed by atoms with E-state index in [1.54, 1.807) is 16.8 Å². The Hall–Kier alpha value is -3.78. The minimum atomic E-state index is -0.562. The number of rotatable bonds is 5. The summed E-state index contributed by atoms with van der Waals surface area (Å²) in [6.07, 6.45) is 1.35. The molecule has 0 saturated carbocycles. The summed E-state index contributed by atoms with van der Waals surface area (Å²) in [4.78, 5) is 17.0. The van der Waals surface area contributed by atoms with Crippen LogP contribution in [0.1, 0.15) is 16.2 Å². The molecule has 0 atom stereocenters. The van der Waals surface area contributed by atoms with Crippen LogP contribution in [0.4, 0.5) is 0 Å². The number of hydrogen-bond donors (Lipinski definition) is 2. The van der Waals surface area contributed by atoms with E-state index in [0.29, 0.717) is 11.4 Å². The minimum Gasteiger partial charge on any atom is -0.507 e. The third-order valence-corrected chi connectivity index (χ3v) is 4.70. The van der Waals surface area contributed by atoms with Gasteiger partial charge >= 0.3 is 5.91 Å². The molecule has 0 radical (unpaired) electrons. The standard InChI is InChI=1S/C22H16BrN5O2/c23-17-11-12-19(29)16(13-17)14-24-26-22(30)20-25-21(15-7-3-1-4-8-15)28(27-20)18-9-5-2-6-10-18/h1-14,29H,(H,26,30). The second-order valence-corrected chi connectivity index (χ2v) is 7.19. The third-order valence-electron chi connectivity index (χ3n) is 4.20. The Morgan fingerprint density at radius 1 is 1.03 bits per heavy atom. The first-order valence-electron chi connectivity index (χ1n) is 9.01. The van der Waals surface area contributed by atoms with Gasteiger partial charge in [0.2, 0.25) is 5.82 Å². The zero-order valence-electron chi connectivity index (χ0n) is 15.6. The maximum Gasteiger partial charge on any atom is 0.311 e. The fourth-order valence-corrected chi connectivity index (χ4v) is 3.15. The largest absolute Gasteiger partial charge is 0.507 e. The Bertz CT molecular complexity index is 1150. The molecule has 0 fully saturated rings. The summed E-state index contributed by atoms with van der Waals surface area (Å²) in [5, 5.41) is 18.1. The maximum atomic E-state index is 12.6. The average Bonchev–Trinajstić information content (AvgIpc) is 3.23. The molecule has 0 aliphatic carbocycles. The third kappa shape index (κ3) is 4.28. The lowest BCUT2D eigenvalue weighted by Crippen LogP contribution is -2.19. The van der Waals surface area contributed by atoms with Gasteiger partial charge in [-0.05, 0) is 30.3 Å². The van der Waals surface area contributed by atoms with Gasteiger partial charge in [-0.2, -0.15) is 5.10 Å². The highest BCUT2D eigenvalue weighted by molar-refractivity contribution is 9.10. The number of hydrogen-bond acceptors (Lipinski definition) is 5. The number of carbonyl (C=O) groups excluding carboxylic acids is 1. The van der Waals surface area contributed by atoms with Crippen LogP contribution in [0.25, 0.3) is 17.1 Å². The van der Waals surface area contributed by atoms with Crippen LogP contribution in [0, 0.1) is 0 Å². The molecule has 1 amide bonds. The Morgan fingerprint density at radius 2 is 1.73 bits per heavy atom. The molecule has 4 rings (SSSR count). The number of nitrogens with zero attached hydrogens (tertiary/aromatic N) is 4. The van der Waals surface area contributed by atoms with Gasteiger partial charge in [-0.3, -0.25) is 4.79 Å². The van der Waals surface area contributed by atoms with Crippen molar-refractivity contribution < 1.29 is 9.90 Å². The fourth-order valence-electron chi connectivity index (χ4n) is 2.77. The van der Waals surface area contributed by atoms with Crippen LogP contribution >= 0.6 is 15.9 Å². The number of benzene rings is 3. The molecule has 0 spiro atoms. The molecule has 148 valence electrons. The van der Waals surface area contributed by atoms with Gasteiger partial charge in [0.25, 0.3) is 0 Å². The fraction of sp³-hybridized carbons (Fsp3) is 0. The molecule has 2 N–H and O–H groups in total. The molecule has 0 aliphatic heterocycles. The number of aromatic nitrogens is 3. The number of halogens is 1. The average molecular weight is 462 g/mol. The van der Waals surface area contributed by atoms with Crippen molar-refractivity contribution in [2.24, 2.45) is 5.10 Å². The van der Waals surface area contributed by atoms with Gasteiger partial charge in [-0.15, -0.1) is 5.10 Å². The molecule has 30 heavy (non-hydrogen) atoms. The Labute approximate surface area is 180 Å². The van der Waals surface area contributed by atoms with Gasteiger partial charge in [0.1, 0.15) is 5.75 Å². The first kappa shape index (κ1) is 19.5. The number of phenols is 1. The summed E-state index contributed by atoms with van der Waals surface area (Å²) in [7, 11) is 0. The quantitative estimate of drug-likeness (QED) is 0.344. The Kier molecular flexibility index (Phi) is 5.67. The van der Waals surface area contributed by atoms with E-state index in [9.17, 15) is 9.90 Å². The summed E-state index contributed by atoms with van der Waals surface area (Å²) in [6, 6.07) is 23.9. The summed E-state index contributed by atoms with van der Waals surface area (Å²) in [5.74, 6) is 0.00975. The predicted octanol–water partition coefficient (Wildman–Crippen LogP) is 4.17. The molecule has 1 heterocycles. The van der Waals surface area contributed by atoms with Crippen molar-refractivity contribution in [3.05, 3.63) is 94.7 Å². The SMILES string of the molecule is O=C(NN=Cc1cc(Br)ccc1O)c1nc(-c2ccccc2)n(-c2ccccc2)n1. The number of carbonyl (C=O) groups is 1. The summed E-state index contributed by atoms with van der Waals surface area (Å²) in [6.45, 7) is 0. The van der Waals surface area contributed by atoms with Crippen LogP contribution in [0.3, 0.4) is 0 Å². The summed E-state index contributed by atoms with van der Waals surface area (Å²) in [5.41, 5.74) is 4.47. The zero-order chi connectivity index (χ0) is 20.9. The van der Waals surface area contributed by atoms with Crippen molar-refractivity contribution in [3.63, 3.8) is 0 Å². The van der Waals surface area contributed by atoms with Crippen molar-refractivity contribution in [1.82, 2.24) is 20.2 Å². The monoisotopic (exact) mass is 461 g/mol. The Morgan fingerprint density at radius 3 is 2.47 bits per heavy atom. The van der Waals surface area contributed by atoms with E-state index in [4.69, 9.17) is 0 Å². The van der Waals surface area contributed by atoms with Gasteiger partial charge in [0, 0.05) is 15.6 Å². The second-order valence-electron chi connectivity index (χ2n) is 6.27. The van der Waals surface area contributed by atoms with Crippen molar-refractivity contribution >= 4 is 28.1 Å². The first-order chi connectivity index (χ1) is 14.6.